The minimum Gasteiger partial charge on any atom is -0.480 e. The molecule has 0 heterocycles. The number of ether oxygens (including phenoxy) is 1. The highest BCUT2D eigenvalue weighted by atomic mass is 16.5. The van der Waals surface area contributed by atoms with Crippen LogP contribution in [-0.2, 0) is 14.3 Å². The number of alkyl carbamates (subject to hydrolysis) is 1. The Kier molecular flexibility index (Phi) is 7.74. The minimum atomic E-state index is -1.06. The molecule has 1 aliphatic rings. The van der Waals surface area contributed by atoms with Crippen molar-refractivity contribution < 1.29 is 24.2 Å². The number of carbonyl (C=O) groups excluding carboxylic acids is 2. The second kappa shape index (κ2) is 10.5. The number of carbonyl (C=O) groups is 3. The van der Waals surface area contributed by atoms with Gasteiger partial charge >= 0.3 is 12.1 Å². The lowest BCUT2D eigenvalue weighted by Gasteiger charge is -2.29. The highest BCUT2D eigenvalue weighted by Gasteiger charge is 2.35. The molecule has 2 aromatic rings. The molecular formula is C26H32N2O5. The first kappa shape index (κ1) is 24.3. The van der Waals surface area contributed by atoms with Crippen LogP contribution in [0.2, 0.25) is 0 Å². The first-order valence-corrected chi connectivity index (χ1v) is 11.4. The van der Waals surface area contributed by atoms with Crippen LogP contribution in [0.1, 0.15) is 57.1 Å². The van der Waals surface area contributed by atoms with Crippen LogP contribution in [-0.4, -0.2) is 42.3 Å². The van der Waals surface area contributed by atoms with Crippen LogP contribution in [0.5, 0.6) is 0 Å². The first-order valence-electron chi connectivity index (χ1n) is 11.4. The highest BCUT2D eigenvalue weighted by molar-refractivity contribution is 5.87. The Morgan fingerprint density at radius 1 is 1.03 bits per heavy atom. The minimum absolute atomic E-state index is 0.0461. The molecule has 3 rings (SSSR count). The summed E-state index contributed by atoms with van der Waals surface area (Å²) in [6, 6.07) is 15.3. The fraction of sp³-hybridized carbons (Fsp3) is 0.423. The lowest BCUT2D eigenvalue weighted by atomic mass is 9.86. The van der Waals surface area contributed by atoms with Crippen molar-refractivity contribution in [2.75, 3.05) is 13.2 Å². The Morgan fingerprint density at radius 3 is 2.12 bits per heavy atom. The third kappa shape index (κ3) is 5.35. The van der Waals surface area contributed by atoms with Crippen molar-refractivity contribution in [3.05, 3.63) is 59.7 Å². The van der Waals surface area contributed by atoms with Gasteiger partial charge in [0, 0.05) is 12.5 Å². The summed E-state index contributed by atoms with van der Waals surface area (Å²) in [4.78, 5) is 36.6. The fourth-order valence-electron chi connectivity index (χ4n) is 4.16. The molecule has 2 aromatic carbocycles. The topological polar surface area (TPSA) is 105 Å². The molecule has 0 spiro atoms. The average Bonchev–Trinajstić information content (AvgIpc) is 3.14. The summed E-state index contributed by atoms with van der Waals surface area (Å²) in [6.07, 6.45) is 0.812. The summed E-state index contributed by atoms with van der Waals surface area (Å²) in [5, 5.41) is 14.6. The standard InChI is InChI=1S/C26H32N2O5/c1-4-10-22(23(29)30)28-24(31)26(3,5-2)16-27-25(32)33-15-21-19-13-8-6-11-17(19)18-12-7-9-14-20(18)21/h6-9,11-14,21-22H,4-5,10,15-16H2,1-3H3,(H,27,32)(H,28,31)(H,29,30)/t22-,26?/m1/s1. The van der Waals surface area contributed by atoms with Crippen molar-refractivity contribution in [2.24, 2.45) is 5.41 Å². The second-order valence-electron chi connectivity index (χ2n) is 8.75. The summed E-state index contributed by atoms with van der Waals surface area (Å²) in [7, 11) is 0. The van der Waals surface area contributed by atoms with Crippen LogP contribution < -0.4 is 10.6 Å². The Bertz CT molecular complexity index is 976. The van der Waals surface area contributed by atoms with Crippen molar-refractivity contribution in [2.45, 2.75) is 52.0 Å². The molecule has 0 radical (unpaired) electrons. The van der Waals surface area contributed by atoms with Crippen molar-refractivity contribution in [3.8, 4) is 11.1 Å². The van der Waals surface area contributed by atoms with E-state index in [9.17, 15) is 19.5 Å². The molecule has 2 amide bonds. The van der Waals surface area contributed by atoms with E-state index < -0.39 is 29.4 Å². The maximum atomic E-state index is 12.8. The largest absolute Gasteiger partial charge is 0.480 e. The lowest BCUT2D eigenvalue weighted by molar-refractivity contribution is -0.144. The summed E-state index contributed by atoms with van der Waals surface area (Å²) in [5.41, 5.74) is 3.60. The number of aliphatic carboxylic acids is 1. The van der Waals surface area contributed by atoms with Crippen LogP contribution in [0.4, 0.5) is 4.79 Å². The summed E-state index contributed by atoms with van der Waals surface area (Å²) in [5.74, 6) is -1.51. The fourth-order valence-corrected chi connectivity index (χ4v) is 4.16. The number of rotatable bonds is 10. The SMILES string of the molecule is CCC[C@@H](NC(=O)C(C)(CC)CNC(=O)OCC1c2ccccc2-c2ccccc21)C(=O)O. The van der Waals surface area contributed by atoms with Gasteiger partial charge in [-0.15, -0.1) is 0 Å². The Labute approximate surface area is 194 Å². The molecule has 0 saturated heterocycles. The van der Waals surface area contributed by atoms with Crippen molar-refractivity contribution in [1.82, 2.24) is 10.6 Å². The Morgan fingerprint density at radius 2 is 1.61 bits per heavy atom. The quantitative estimate of drug-likeness (QED) is 0.498. The number of carboxylic acid groups (broad SMARTS) is 1. The van der Waals surface area contributed by atoms with Gasteiger partial charge < -0.3 is 20.5 Å². The van der Waals surface area contributed by atoms with Gasteiger partial charge in [-0.05, 0) is 42.0 Å². The number of hydrogen-bond donors (Lipinski definition) is 3. The zero-order valence-corrected chi connectivity index (χ0v) is 19.4. The summed E-state index contributed by atoms with van der Waals surface area (Å²) in [6.45, 7) is 5.63. The van der Waals surface area contributed by atoms with E-state index in [0.29, 0.717) is 19.3 Å². The van der Waals surface area contributed by atoms with Gasteiger partial charge in [-0.3, -0.25) is 4.79 Å². The smallest absolute Gasteiger partial charge is 0.407 e. The molecule has 0 bridgehead atoms. The number of fused-ring (bicyclic) bond motifs is 3. The zero-order chi connectivity index (χ0) is 24.0. The molecule has 3 N–H and O–H groups in total. The normalized spacial score (nSPS) is 15.0. The Hall–Kier alpha value is -3.35. The van der Waals surface area contributed by atoms with Gasteiger partial charge in [-0.2, -0.15) is 0 Å². The third-order valence-corrected chi connectivity index (χ3v) is 6.48. The number of hydrogen-bond acceptors (Lipinski definition) is 4. The van der Waals surface area contributed by atoms with E-state index in [1.165, 1.54) is 0 Å². The maximum absolute atomic E-state index is 12.8. The number of benzene rings is 2. The van der Waals surface area contributed by atoms with Crippen LogP contribution >= 0.6 is 0 Å². The zero-order valence-electron chi connectivity index (χ0n) is 19.4. The molecule has 0 saturated carbocycles. The van der Waals surface area contributed by atoms with Crippen molar-refractivity contribution in [1.29, 1.82) is 0 Å². The average molecular weight is 453 g/mol. The molecule has 1 aliphatic carbocycles. The van der Waals surface area contributed by atoms with Gasteiger partial charge in [0.25, 0.3) is 0 Å². The number of nitrogens with one attached hydrogen (secondary N) is 2. The molecule has 7 nitrogen and oxygen atoms in total. The third-order valence-electron chi connectivity index (χ3n) is 6.48. The molecular weight excluding hydrogens is 420 g/mol. The van der Waals surface area contributed by atoms with Gasteiger partial charge in [0.1, 0.15) is 12.6 Å². The Balaban J connectivity index is 1.59. The monoisotopic (exact) mass is 452 g/mol. The highest BCUT2D eigenvalue weighted by Crippen LogP contribution is 2.44. The predicted molar refractivity (Wildman–Crippen MR) is 126 cm³/mol. The van der Waals surface area contributed by atoms with E-state index in [4.69, 9.17) is 4.74 Å². The van der Waals surface area contributed by atoms with E-state index in [1.807, 2.05) is 38.1 Å². The van der Waals surface area contributed by atoms with Crippen molar-refractivity contribution in [3.63, 3.8) is 0 Å². The van der Waals surface area contributed by atoms with Gasteiger partial charge in [0.15, 0.2) is 0 Å². The predicted octanol–water partition coefficient (Wildman–Crippen LogP) is 4.31. The molecule has 7 heteroatoms. The molecule has 0 aliphatic heterocycles. The molecule has 0 aromatic heterocycles. The molecule has 176 valence electrons. The molecule has 2 atom stereocenters. The second-order valence-corrected chi connectivity index (χ2v) is 8.75. The lowest BCUT2D eigenvalue weighted by Crippen LogP contribution is -2.51. The van der Waals surface area contributed by atoms with E-state index in [2.05, 4.69) is 34.9 Å². The van der Waals surface area contributed by atoms with E-state index in [0.717, 1.165) is 22.3 Å². The van der Waals surface area contributed by atoms with Gasteiger partial charge in [-0.1, -0.05) is 68.8 Å². The number of carboxylic acids is 1. The summed E-state index contributed by atoms with van der Waals surface area (Å²) < 4.78 is 5.54. The molecule has 1 unspecified atom stereocenters. The first-order chi connectivity index (χ1) is 15.8. The van der Waals surface area contributed by atoms with Crippen molar-refractivity contribution >= 4 is 18.0 Å². The summed E-state index contributed by atoms with van der Waals surface area (Å²) >= 11 is 0. The van der Waals surface area contributed by atoms with Crippen LogP contribution in [0.3, 0.4) is 0 Å². The van der Waals surface area contributed by atoms with E-state index >= 15 is 0 Å². The van der Waals surface area contributed by atoms with E-state index in [1.54, 1.807) is 6.92 Å². The van der Waals surface area contributed by atoms with Crippen LogP contribution in [0.15, 0.2) is 48.5 Å². The van der Waals surface area contributed by atoms with Gasteiger partial charge in [0.05, 0.1) is 5.41 Å². The number of amides is 2. The van der Waals surface area contributed by atoms with Gasteiger partial charge in [0.2, 0.25) is 5.91 Å². The molecule has 33 heavy (non-hydrogen) atoms. The van der Waals surface area contributed by atoms with E-state index in [-0.39, 0.29) is 19.1 Å². The molecule has 0 fully saturated rings. The van der Waals surface area contributed by atoms with Crippen LogP contribution in [0.25, 0.3) is 11.1 Å². The van der Waals surface area contributed by atoms with Gasteiger partial charge in [-0.25, -0.2) is 9.59 Å². The maximum Gasteiger partial charge on any atom is 0.407 e. The van der Waals surface area contributed by atoms with Crippen LogP contribution in [0, 0.1) is 5.41 Å².